The maximum Gasteiger partial charge on any atom is 0.242 e. The van der Waals surface area contributed by atoms with Gasteiger partial charge in [0.2, 0.25) is 11.8 Å². The Morgan fingerprint density at radius 1 is 1.17 bits per heavy atom. The lowest BCUT2D eigenvalue weighted by Crippen LogP contribution is -2.37. The lowest BCUT2D eigenvalue weighted by molar-refractivity contribution is -0.121. The third-order valence-electron chi connectivity index (χ3n) is 5.00. The Balaban J connectivity index is 1.58. The molecule has 0 saturated carbocycles. The van der Waals surface area contributed by atoms with Crippen LogP contribution >= 0.6 is 11.6 Å². The molecule has 1 fully saturated rings. The fraction of sp³-hybridized carbons (Fsp3) is 0.364. The Morgan fingerprint density at radius 3 is 2.57 bits per heavy atom. The number of methoxy groups -OCH3 is 2. The third-order valence-corrected chi connectivity index (χ3v) is 5.31. The zero-order chi connectivity index (χ0) is 21.7. The summed E-state index contributed by atoms with van der Waals surface area (Å²) < 4.78 is 10.5. The second-order valence-electron chi connectivity index (χ2n) is 7.09. The van der Waals surface area contributed by atoms with Crippen molar-refractivity contribution in [1.29, 1.82) is 0 Å². The predicted octanol–water partition coefficient (Wildman–Crippen LogP) is 3.60. The van der Waals surface area contributed by atoms with Crippen molar-refractivity contribution < 1.29 is 19.1 Å². The van der Waals surface area contributed by atoms with Crippen molar-refractivity contribution in [3.05, 3.63) is 47.0 Å². The van der Waals surface area contributed by atoms with Crippen LogP contribution in [0, 0.1) is 0 Å². The maximum atomic E-state index is 12.5. The zero-order valence-electron chi connectivity index (χ0n) is 17.3. The van der Waals surface area contributed by atoms with Gasteiger partial charge < -0.3 is 25.0 Å². The Labute approximate surface area is 181 Å². The monoisotopic (exact) mass is 431 g/mol. The first kappa shape index (κ1) is 21.8. The molecule has 0 aromatic heterocycles. The SMILES string of the molecule is COc1ccc(CNC(=O)C(C)Nc2ccc(N3CCCC3=O)c(Cl)c2)cc1OC. The summed E-state index contributed by atoms with van der Waals surface area (Å²) in [7, 11) is 3.15. The van der Waals surface area contributed by atoms with Crippen LogP contribution in [-0.2, 0) is 16.1 Å². The summed E-state index contributed by atoms with van der Waals surface area (Å²) in [5.74, 6) is 1.18. The van der Waals surface area contributed by atoms with Gasteiger partial charge in [0.05, 0.1) is 24.9 Å². The molecule has 2 aromatic rings. The number of amides is 2. The van der Waals surface area contributed by atoms with E-state index >= 15 is 0 Å². The highest BCUT2D eigenvalue weighted by molar-refractivity contribution is 6.34. The third kappa shape index (κ3) is 4.97. The quantitative estimate of drug-likeness (QED) is 0.667. The van der Waals surface area contributed by atoms with Crippen LogP contribution in [0.25, 0.3) is 0 Å². The lowest BCUT2D eigenvalue weighted by atomic mass is 10.2. The average molecular weight is 432 g/mol. The van der Waals surface area contributed by atoms with Crippen molar-refractivity contribution >= 4 is 34.8 Å². The van der Waals surface area contributed by atoms with Gasteiger partial charge >= 0.3 is 0 Å². The second kappa shape index (κ2) is 9.71. The predicted molar refractivity (Wildman–Crippen MR) is 118 cm³/mol. The average Bonchev–Trinajstić information content (AvgIpc) is 3.17. The normalized spacial score (nSPS) is 14.4. The largest absolute Gasteiger partial charge is 0.493 e. The van der Waals surface area contributed by atoms with Crippen molar-refractivity contribution in [2.24, 2.45) is 0 Å². The summed E-state index contributed by atoms with van der Waals surface area (Å²) in [5.41, 5.74) is 2.32. The fourth-order valence-electron chi connectivity index (χ4n) is 3.37. The molecule has 3 rings (SSSR count). The molecule has 1 atom stereocenters. The Kier molecular flexibility index (Phi) is 7.05. The fourth-order valence-corrected chi connectivity index (χ4v) is 3.65. The van der Waals surface area contributed by atoms with Crippen molar-refractivity contribution in [2.75, 3.05) is 31.0 Å². The highest BCUT2D eigenvalue weighted by Gasteiger charge is 2.24. The van der Waals surface area contributed by atoms with E-state index in [1.165, 1.54) is 0 Å². The van der Waals surface area contributed by atoms with E-state index in [1.54, 1.807) is 38.2 Å². The molecular weight excluding hydrogens is 406 g/mol. The number of ether oxygens (including phenoxy) is 2. The number of benzene rings is 2. The number of rotatable bonds is 8. The van der Waals surface area contributed by atoms with Crippen molar-refractivity contribution in [3.8, 4) is 11.5 Å². The summed E-state index contributed by atoms with van der Waals surface area (Å²) in [6.07, 6.45) is 1.39. The first-order valence-electron chi connectivity index (χ1n) is 9.78. The number of carbonyl (C=O) groups excluding carboxylic acids is 2. The number of nitrogens with zero attached hydrogens (tertiary/aromatic N) is 1. The summed E-state index contributed by atoms with van der Waals surface area (Å²) in [6, 6.07) is 10.4. The molecule has 0 spiro atoms. The van der Waals surface area contributed by atoms with Crippen LogP contribution in [0.2, 0.25) is 5.02 Å². The molecule has 1 unspecified atom stereocenters. The van der Waals surface area contributed by atoms with Gasteiger partial charge in [0.15, 0.2) is 11.5 Å². The summed E-state index contributed by atoms with van der Waals surface area (Å²) >= 11 is 6.38. The van der Waals surface area contributed by atoms with Crippen LogP contribution in [0.4, 0.5) is 11.4 Å². The minimum Gasteiger partial charge on any atom is -0.493 e. The van der Waals surface area contributed by atoms with Gasteiger partial charge in [-0.05, 0) is 49.2 Å². The van der Waals surface area contributed by atoms with Crippen LogP contribution in [0.1, 0.15) is 25.3 Å². The molecule has 2 amide bonds. The van der Waals surface area contributed by atoms with Crippen LogP contribution in [0.15, 0.2) is 36.4 Å². The molecule has 1 heterocycles. The number of hydrogen-bond donors (Lipinski definition) is 2. The van der Waals surface area contributed by atoms with E-state index in [1.807, 2.05) is 24.3 Å². The van der Waals surface area contributed by atoms with E-state index in [0.29, 0.717) is 47.4 Å². The highest BCUT2D eigenvalue weighted by atomic mass is 35.5. The van der Waals surface area contributed by atoms with Crippen LogP contribution < -0.4 is 25.0 Å². The van der Waals surface area contributed by atoms with Gasteiger partial charge in [0.25, 0.3) is 0 Å². The zero-order valence-corrected chi connectivity index (χ0v) is 18.1. The van der Waals surface area contributed by atoms with Crippen molar-refractivity contribution in [3.63, 3.8) is 0 Å². The van der Waals surface area contributed by atoms with E-state index in [2.05, 4.69) is 10.6 Å². The minimum atomic E-state index is -0.472. The number of anilines is 2. The van der Waals surface area contributed by atoms with Gasteiger partial charge in [-0.3, -0.25) is 9.59 Å². The number of carbonyl (C=O) groups is 2. The first-order valence-corrected chi connectivity index (χ1v) is 10.2. The molecule has 0 aliphatic carbocycles. The molecule has 0 bridgehead atoms. The van der Waals surface area contributed by atoms with Gasteiger partial charge in [-0.15, -0.1) is 0 Å². The Hall–Kier alpha value is -2.93. The maximum absolute atomic E-state index is 12.5. The van der Waals surface area contributed by atoms with Crippen LogP contribution in [-0.4, -0.2) is 38.6 Å². The molecule has 8 heteroatoms. The smallest absolute Gasteiger partial charge is 0.242 e. The summed E-state index contributed by atoms with van der Waals surface area (Å²) in [4.78, 5) is 26.1. The molecule has 1 aliphatic heterocycles. The molecule has 30 heavy (non-hydrogen) atoms. The first-order chi connectivity index (χ1) is 14.4. The van der Waals surface area contributed by atoms with E-state index in [4.69, 9.17) is 21.1 Å². The number of halogens is 1. The molecule has 2 aromatic carbocycles. The van der Waals surface area contributed by atoms with Crippen molar-refractivity contribution in [1.82, 2.24) is 5.32 Å². The second-order valence-corrected chi connectivity index (χ2v) is 7.50. The van der Waals surface area contributed by atoms with E-state index in [0.717, 1.165) is 12.0 Å². The topological polar surface area (TPSA) is 79.9 Å². The van der Waals surface area contributed by atoms with Gasteiger partial charge in [0.1, 0.15) is 6.04 Å². The van der Waals surface area contributed by atoms with E-state index in [9.17, 15) is 9.59 Å². The van der Waals surface area contributed by atoms with Gasteiger partial charge in [-0.2, -0.15) is 0 Å². The highest BCUT2D eigenvalue weighted by Crippen LogP contribution is 2.32. The van der Waals surface area contributed by atoms with Crippen LogP contribution in [0.3, 0.4) is 0 Å². The van der Waals surface area contributed by atoms with Gasteiger partial charge in [0, 0.05) is 25.2 Å². The standard InChI is InChI=1S/C22H26ClN3O4/c1-14(22(28)24-13-15-6-9-19(29-2)20(11-15)30-3)25-16-7-8-18(17(23)12-16)26-10-4-5-21(26)27/h6-9,11-12,14,25H,4-5,10,13H2,1-3H3,(H,24,28). The molecule has 160 valence electrons. The molecule has 1 saturated heterocycles. The molecule has 7 nitrogen and oxygen atoms in total. The minimum absolute atomic E-state index is 0.0838. The van der Waals surface area contributed by atoms with Gasteiger partial charge in [-0.1, -0.05) is 17.7 Å². The van der Waals surface area contributed by atoms with Crippen LogP contribution in [0.5, 0.6) is 11.5 Å². The molecular formula is C22H26ClN3O4. The Bertz CT molecular complexity index is 935. The summed E-state index contributed by atoms with van der Waals surface area (Å²) in [6.45, 7) is 2.82. The molecule has 2 N–H and O–H groups in total. The van der Waals surface area contributed by atoms with Gasteiger partial charge in [-0.25, -0.2) is 0 Å². The van der Waals surface area contributed by atoms with Crippen molar-refractivity contribution in [2.45, 2.75) is 32.4 Å². The number of hydrogen-bond acceptors (Lipinski definition) is 5. The van der Waals surface area contributed by atoms with E-state index < -0.39 is 6.04 Å². The molecule has 1 aliphatic rings. The summed E-state index contributed by atoms with van der Waals surface area (Å²) in [5, 5.41) is 6.52. The van der Waals surface area contributed by atoms with E-state index in [-0.39, 0.29) is 11.8 Å². The Morgan fingerprint density at radius 2 is 1.93 bits per heavy atom. The number of nitrogens with one attached hydrogen (secondary N) is 2. The molecule has 0 radical (unpaired) electrons. The lowest BCUT2D eigenvalue weighted by Gasteiger charge is -2.20.